The highest BCUT2D eigenvalue weighted by Gasteiger charge is 2.27. The van der Waals surface area contributed by atoms with Crippen LogP contribution in [-0.2, 0) is 11.3 Å². The van der Waals surface area contributed by atoms with Crippen LogP contribution in [0.25, 0.3) is 0 Å². The van der Waals surface area contributed by atoms with Gasteiger partial charge in [-0.15, -0.1) is 0 Å². The number of aryl methyl sites for hydroxylation is 1. The number of furan rings is 1. The third-order valence-corrected chi connectivity index (χ3v) is 3.46. The van der Waals surface area contributed by atoms with Crippen molar-refractivity contribution in [2.45, 2.75) is 40.2 Å². The third kappa shape index (κ3) is 3.70. The number of aldehydes is 1. The average molecular weight is 237 g/mol. The molecule has 1 aromatic rings. The lowest BCUT2D eigenvalue weighted by molar-refractivity contribution is -0.117. The van der Waals surface area contributed by atoms with Gasteiger partial charge >= 0.3 is 0 Å². The Morgan fingerprint density at radius 2 is 2.00 bits per heavy atom. The molecular weight excluding hydrogens is 214 g/mol. The van der Waals surface area contributed by atoms with Crippen LogP contribution >= 0.6 is 0 Å². The first kappa shape index (κ1) is 14.0. The molecule has 1 aromatic heterocycles. The Morgan fingerprint density at radius 3 is 2.41 bits per heavy atom. The summed E-state index contributed by atoms with van der Waals surface area (Å²) in [7, 11) is 2.03. The predicted molar refractivity (Wildman–Crippen MR) is 68.9 cm³/mol. The van der Waals surface area contributed by atoms with Crippen molar-refractivity contribution in [3.05, 3.63) is 23.7 Å². The maximum Gasteiger partial charge on any atom is 0.127 e. The van der Waals surface area contributed by atoms with Crippen molar-refractivity contribution >= 4 is 6.29 Å². The molecule has 0 fully saturated rings. The van der Waals surface area contributed by atoms with E-state index in [1.807, 2.05) is 26.1 Å². The summed E-state index contributed by atoms with van der Waals surface area (Å²) in [4.78, 5) is 13.4. The molecule has 0 spiro atoms. The standard InChI is InChI=1S/C14H23NO2/c1-5-14(6-2,11-16)10-15(4)9-13-8-7-12(3)17-13/h7-8,11H,5-6,9-10H2,1-4H3. The molecule has 0 aliphatic carbocycles. The maximum atomic E-state index is 11.2. The fourth-order valence-electron chi connectivity index (χ4n) is 2.11. The molecule has 96 valence electrons. The van der Waals surface area contributed by atoms with Gasteiger partial charge in [-0.05, 0) is 38.9 Å². The molecule has 0 N–H and O–H groups in total. The van der Waals surface area contributed by atoms with E-state index in [4.69, 9.17) is 4.42 Å². The number of rotatable bonds is 7. The largest absolute Gasteiger partial charge is 0.465 e. The molecule has 3 nitrogen and oxygen atoms in total. The molecule has 17 heavy (non-hydrogen) atoms. The Balaban J connectivity index is 2.59. The zero-order valence-corrected chi connectivity index (χ0v) is 11.3. The fourth-order valence-corrected chi connectivity index (χ4v) is 2.11. The highest BCUT2D eigenvalue weighted by Crippen LogP contribution is 2.25. The van der Waals surface area contributed by atoms with Crippen molar-refractivity contribution < 1.29 is 9.21 Å². The first-order valence-electron chi connectivity index (χ1n) is 6.25. The summed E-state index contributed by atoms with van der Waals surface area (Å²) >= 11 is 0. The zero-order chi connectivity index (χ0) is 12.9. The van der Waals surface area contributed by atoms with E-state index in [0.29, 0.717) is 0 Å². The quantitative estimate of drug-likeness (QED) is 0.683. The lowest BCUT2D eigenvalue weighted by Gasteiger charge is -2.30. The second kappa shape index (κ2) is 6.01. The van der Waals surface area contributed by atoms with Gasteiger partial charge in [-0.2, -0.15) is 0 Å². The van der Waals surface area contributed by atoms with Gasteiger partial charge in [-0.25, -0.2) is 0 Å². The number of hydrogen-bond donors (Lipinski definition) is 0. The Kier molecular flexibility index (Phi) is 4.94. The molecule has 0 saturated carbocycles. The summed E-state index contributed by atoms with van der Waals surface area (Å²) < 4.78 is 5.54. The van der Waals surface area contributed by atoms with E-state index in [1.165, 1.54) is 0 Å². The van der Waals surface area contributed by atoms with Crippen LogP contribution in [0.3, 0.4) is 0 Å². The van der Waals surface area contributed by atoms with Crippen LogP contribution in [0.1, 0.15) is 38.2 Å². The van der Waals surface area contributed by atoms with Gasteiger partial charge in [0.1, 0.15) is 17.8 Å². The second-order valence-electron chi connectivity index (χ2n) is 4.87. The minimum atomic E-state index is -0.212. The van der Waals surface area contributed by atoms with E-state index >= 15 is 0 Å². The SMILES string of the molecule is CCC(C=O)(CC)CN(C)Cc1ccc(C)o1. The minimum absolute atomic E-state index is 0.212. The molecule has 0 aliphatic heterocycles. The summed E-state index contributed by atoms with van der Waals surface area (Å²) in [5.41, 5.74) is -0.212. The van der Waals surface area contributed by atoms with Crippen molar-refractivity contribution in [3.63, 3.8) is 0 Å². The fraction of sp³-hybridized carbons (Fsp3) is 0.643. The zero-order valence-electron chi connectivity index (χ0n) is 11.3. The summed E-state index contributed by atoms with van der Waals surface area (Å²) in [5, 5.41) is 0. The van der Waals surface area contributed by atoms with Gasteiger partial charge in [-0.1, -0.05) is 13.8 Å². The van der Waals surface area contributed by atoms with Crippen LogP contribution in [0.5, 0.6) is 0 Å². The summed E-state index contributed by atoms with van der Waals surface area (Å²) in [6, 6.07) is 3.96. The molecule has 1 heterocycles. The number of nitrogens with zero attached hydrogens (tertiary/aromatic N) is 1. The van der Waals surface area contributed by atoms with Gasteiger partial charge in [0.05, 0.1) is 6.54 Å². The average Bonchev–Trinajstić information content (AvgIpc) is 2.72. The van der Waals surface area contributed by atoms with Crippen molar-refractivity contribution in [2.75, 3.05) is 13.6 Å². The van der Waals surface area contributed by atoms with Crippen molar-refractivity contribution in [3.8, 4) is 0 Å². The van der Waals surface area contributed by atoms with Crippen LogP contribution in [0.2, 0.25) is 0 Å². The van der Waals surface area contributed by atoms with E-state index in [2.05, 4.69) is 18.7 Å². The van der Waals surface area contributed by atoms with Crippen molar-refractivity contribution in [2.24, 2.45) is 5.41 Å². The van der Waals surface area contributed by atoms with Gasteiger partial charge in [0.25, 0.3) is 0 Å². The van der Waals surface area contributed by atoms with Crippen LogP contribution in [-0.4, -0.2) is 24.8 Å². The van der Waals surface area contributed by atoms with Crippen LogP contribution < -0.4 is 0 Å². The Morgan fingerprint density at radius 1 is 1.35 bits per heavy atom. The first-order valence-corrected chi connectivity index (χ1v) is 6.25. The smallest absolute Gasteiger partial charge is 0.127 e. The topological polar surface area (TPSA) is 33.5 Å². The van der Waals surface area contributed by atoms with E-state index in [9.17, 15) is 4.79 Å². The Labute approximate surface area is 104 Å². The normalized spacial score (nSPS) is 12.1. The third-order valence-electron chi connectivity index (χ3n) is 3.46. The molecule has 0 radical (unpaired) electrons. The highest BCUT2D eigenvalue weighted by atomic mass is 16.3. The van der Waals surface area contributed by atoms with Crippen LogP contribution in [0.4, 0.5) is 0 Å². The Hall–Kier alpha value is -1.09. The van der Waals surface area contributed by atoms with Crippen LogP contribution in [0.15, 0.2) is 16.5 Å². The molecular formula is C14H23NO2. The molecule has 3 heteroatoms. The summed E-state index contributed by atoms with van der Waals surface area (Å²) in [5.74, 6) is 1.89. The number of carbonyl (C=O) groups excluding carboxylic acids is 1. The number of carbonyl (C=O) groups is 1. The minimum Gasteiger partial charge on any atom is -0.465 e. The molecule has 1 rings (SSSR count). The maximum absolute atomic E-state index is 11.2. The van der Waals surface area contributed by atoms with Gasteiger partial charge in [0.2, 0.25) is 0 Å². The Bertz CT molecular complexity index is 353. The monoisotopic (exact) mass is 237 g/mol. The van der Waals surface area contributed by atoms with Crippen molar-refractivity contribution in [1.82, 2.24) is 4.90 Å². The predicted octanol–water partition coefficient (Wildman–Crippen LogP) is 3.03. The summed E-state index contributed by atoms with van der Waals surface area (Å²) in [6.45, 7) is 7.62. The molecule has 0 bridgehead atoms. The van der Waals surface area contributed by atoms with Gasteiger partial charge < -0.3 is 9.21 Å². The lowest BCUT2D eigenvalue weighted by atomic mass is 9.83. The molecule has 0 aromatic carbocycles. The van der Waals surface area contributed by atoms with E-state index in [0.717, 1.165) is 43.7 Å². The molecule has 0 amide bonds. The second-order valence-corrected chi connectivity index (χ2v) is 4.87. The molecule has 0 aliphatic rings. The molecule has 0 unspecified atom stereocenters. The first-order chi connectivity index (χ1) is 8.05. The van der Waals surface area contributed by atoms with Gasteiger partial charge in [0.15, 0.2) is 0 Å². The van der Waals surface area contributed by atoms with Gasteiger partial charge in [-0.3, -0.25) is 4.90 Å². The van der Waals surface area contributed by atoms with E-state index in [1.54, 1.807) is 0 Å². The van der Waals surface area contributed by atoms with Gasteiger partial charge in [0, 0.05) is 12.0 Å². The highest BCUT2D eigenvalue weighted by molar-refractivity contribution is 5.59. The van der Waals surface area contributed by atoms with Crippen molar-refractivity contribution in [1.29, 1.82) is 0 Å². The summed E-state index contributed by atoms with van der Waals surface area (Å²) in [6.07, 6.45) is 2.87. The molecule has 0 saturated heterocycles. The number of hydrogen-bond acceptors (Lipinski definition) is 3. The van der Waals surface area contributed by atoms with Crippen LogP contribution in [0, 0.1) is 12.3 Å². The van der Waals surface area contributed by atoms with E-state index in [-0.39, 0.29) is 5.41 Å². The molecule has 0 atom stereocenters. The lowest BCUT2D eigenvalue weighted by Crippen LogP contribution is -2.35. The van der Waals surface area contributed by atoms with E-state index < -0.39 is 0 Å².